The number of aliphatic hydroxyl groups excluding tert-OH is 1. The number of methoxy groups -OCH3 is 1. The Morgan fingerprint density at radius 2 is 1.82 bits per heavy atom. The van der Waals surface area contributed by atoms with Crippen molar-refractivity contribution < 1.29 is 19.4 Å². The van der Waals surface area contributed by atoms with Crippen LogP contribution in [-0.2, 0) is 20.7 Å². The van der Waals surface area contributed by atoms with Crippen LogP contribution in [0.2, 0.25) is 0 Å². The Bertz CT molecular complexity index is 485. The van der Waals surface area contributed by atoms with Crippen molar-refractivity contribution in [2.45, 2.75) is 38.6 Å². The van der Waals surface area contributed by atoms with Gasteiger partial charge in [-0.15, -0.1) is 0 Å². The van der Waals surface area contributed by atoms with Crippen molar-refractivity contribution in [3.8, 4) is 0 Å². The molecule has 0 aliphatic rings. The number of aryl methyl sites for hydroxylation is 1. The molecule has 122 valence electrons. The first-order chi connectivity index (χ1) is 10.4. The molecule has 1 aromatic rings. The lowest BCUT2D eigenvalue weighted by Crippen LogP contribution is -2.51. The first kappa shape index (κ1) is 18.2. The first-order valence-electron chi connectivity index (χ1n) is 7.43. The summed E-state index contributed by atoms with van der Waals surface area (Å²) in [7, 11) is 1.32. The summed E-state index contributed by atoms with van der Waals surface area (Å²) in [5, 5.41) is 9.51. The van der Waals surface area contributed by atoms with Crippen LogP contribution in [0.25, 0.3) is 0 Å². The van der Waals surface area contributed by atoms with Gasteiger partial charge in [-0.3, -0.25) is 9.59 Å². The van der Waals surface area contributed by atoms with Crippen LogP contribution in [0.3, 0.4) is 0 Å². The van der Waals surface area contributed by atoms with Gasteiger partial charge in [-0.2, -0.15) is 0 Å². The average Bonchev–Trinajstić information content (AvgIpc) is 2.53. The number of hydrogen-bond acceptors (Lipinski definition) is 4. The van der Waals surface area contributed by atoms with E-state index in [0.29, 0.717) is 12.8 Å². The molecule has 0 aromatic heterocycles. The number of esters is 1. The van der Waals surface area contributed by atoms with Gasteiger partial charge in [0.25, 0.3) is 0 Å². The minimum atomic E-state index is -0.707. The van der Waals surface area contributed by atoms with Gasteiger partial charge in [-0.1, -0.05) is 30.3 Å². The summed E-state index contributed by atoms with van der Waals surface area (Å²) < 4.78 is 4.62. The van der Waals surface area contributed by atoms with E-state index in [0.717, 1.165) is 5.56 Å². The number of rotatable bonds is 8. The van der Waals surface area contributed by atoms with Gasteiger partial charge in [0.2, 0.25) is 5.91 Å². The summed E-state index contributed by atoms with van der Waals surface area (Å²) in [5.41, 5.74) is 0.382. The van der Waals surface area contributed by atoms with Crippen molar-refractivity contribution in [1.29, 1.82) is 0 Å². The second kappa shape index (κ2) is 8.54. The van der Waals surface area contributed by atoms with Crippen molar-refractivity contribution in [3.63, 3.8) is 0 Å². The molecule has 5 nitrogen and oxygen atoms in total. The van der Waals surface area contributed by atoms with Gasteiger partial charge in [-0.05, 0) is 25.8 Å². The molecule has 0 radical (unpaired) electrons. The van der Waals surface area contributed by atoms with Gasteiger partial charge in [-0.25, -0.2) is 0 Å². The van der Waals surface area contributed by atoms with Gasteiger partial charge >= 0.3 is 5.97 Å². The highest BCUT2D eigenvalue weighted by Crippen LogP contribution is 2.17. The Hall–Kier alpha value is -1.88. The third kappa shape index (κ3) is 5.48. The van der Waals surface area contributed by atoms with E-state index in [1.165, 1.54) is 7.11 Å². The number of benzene rings is 1. The number of carbonyl (C=O) groups is 2. The Kier molecular flexibility index (Phi) is 7.05. The molecule has 0 aliphatic heterocycles. The Balaban J connectivity index is 2.68. The molecule has 1 amide bonds. The zero-order valence-corrected chi connectivity index (χ0v) is 13.5. The standard InChI is InChI=1S/C17H25NO4/c1-17(2,13-19)18(12-11-16(21)22-3)15(20)10-9-14-7-5-4-6-8-14/h4-8,19H,9-13H2,1-3H3. The van der Waals surface area contributed by atoms with Crippen LogP contribution >= 0.6 is 0 Å². The normalized spacial score (nSPS) is 11.1. The third-order valence-electron chi connectivity index (χ3n) is 3.66. The van der Waals surface area contributed by atoms with Crippen molar-refractivity contribution in [3.05, 3.63) is 35.9 Å². The number of aliphatic hydroxyl groups is 1. The molecule has 0 aliphatic carbocycles. The molecule has 22 heavy (non-hydrogen) atoms. The molecule has 0 saturated heterocycles. The fraction of sp³-hybridized carbons (Fsp3) is 0.529. The molecule has 0 unspecified atom stereocenters. The fourth-order valence-electron chi connectivity index (χ4n) is 2.19. The SMILES string of the molecule is COC(=O)CCN(C(=O)CCc1ccccc1)C(C)(C)CO. The molecule has 0 spiro atoms. The second-order valence-electron chi connectivity index (χ2n) is 5.83. The maximum Gasteiger partial charge on any atom is 0.307 e. The molecule has 1 rings (SSSR count). The number of nitrogens with zero attached hydrogens (tertiary/aromatic N) is 1. The van der Waals surface area contributed by atoms with Gasteiger partial charge in [0.15, 0.2) is 0 Å². The minimum absolute atomic E-state index is 0.0770. The Morgan fingerprint density at radius 3 is 2.36 bits per heavy atom. The van der Waals surface area contributed by atoms with E-state index in [9.17, 15) is 14.7 Å². The second-order valence-corrected chi connectivity index (χ2v) is 5.83. The lowest BCUT2D eigenvalue weighted by molar-refractivity contribution is -0.144. The molecule has 0 saturated carbocycles. The van der Waals surface area contributed by atoms with E-state index in [4.69, 9.17) is 0 Å². The van der Waals surface area contributed by atoms with E-state index < -0.39 is 5.54 Å². The van der Waals surface area contributed by atoms with E-state index in [1.54, 1.807) is 18.7 Å². The predicted octanol–water partition coefficient (Wildman–Crippen LogP) is 1.78. The highest BCUT2D eigenvalue weighted by atomic mass is 16.5. The van der Waals surface area contributed by atoms with Crippen molar-refractivity contribution in [1.82, 2.24) is 4.90 Å². The summed E-state index contributed by atoms with van der Waals surface area (Å²) >= 11 is 0. The summed E-state index contributed by atoms with van der Waals surface area (Å²) in [6.45, 7) is 3.65. The Morgan fingerprint density at radius 1 is 1.18 bits per heavy atom. The molecule has 0 bridgehead atoms. The monoisotopic (exact) mass is 307 g/mol. The summed E-state index contributed by atoms with van der Waals surface area (Å²) in [5.74, 6) is -0.443. The maximum absolute atomic E-state index is 12.5. The van der Waals surface area contributed by atoms with Crippen LogP contribution in [0.5, 0.6) is 0 Å². The summed E-state index contributed by atoms with van der Waals surface area (Å²) in [6, 6.07) is 9.76. The predicted molar refractivity (Wildman–Crippen MR) is 84.3 cm³/mol. The van der Waals surface area contributed by atoms with E-state index in [1.807, 2.05) is 30.3 Å². The topological polar surface area (TPSA) is 66.8 Å². The summed E-state index contributed by atoms with van der Waals surface area (Å²) in [4.78, 5) is 25.4. The Labute approximate surface area is 131 Å². The van der Waals surface area contributed by atoms with Crippen molar-refractivity contribution in [2.24, 2.45) is 0 Å². The quantitative estimate of drug-likeness (QED) is 0.744. The molecule has 1 N–H and O–H groups in total. The fourth-order valence-corrected chi connectivity index (χ4v) is 2.19. The van der Waals surface area contributed by atoms with Crippen LogP contribution in [0.1, 0.15) is 32.3 Å². The van der Waals surface area contributed by atoms with Crippen LogP contribution in [0.4, 0.5) is 0 Å². The largest absolute Gasteiger partial charge is 0.469 e. The van der Waals surface area contributed by atoms with E-state index >= 15 is 0 Å². The smallest absolute Gasteiger partial charge is 0.307 e. The lowest BCUT2D eigenvalue weighted by atomic mass is 10.0. The zero-order valence-electron chi connectivity index (χ0n) is 13.5. The molecule has 5 heteroatoms. The number of hydrogen-bond donors (Lipinski definition) is 1. The van der Waals surface area contributed by atoms with Crippen LogP contribution in [0, 0.1) is 0 Å². The molecular weight excluding hydrogens is 282 g/mol. The molecule has 1 aromatic carbocycles. The minimum Gasteiger partial charge on any atom is -0.469 e. The zero-order chi connectivity index (χ0) is 16.6. The number of ether oxygens (including phenoxy) is 1. The van der Waals surface area contributed by atoms with Gasteiger partial charge in [0.05, 0.1) is 25.7 Å². The van der Waals surface area contributed by atoms with Crippen LogP contribution in [-0.4, -0.2) is 47.7 Å². The van der Waals surface area contributed by atoms with Crippen LogP contribution < -0.4 is 0 Å². The highest BCUT2D eigenvalue weighted by molar-refractivity contribution is 5.78. The van der Waals surface area contributed by atoms with Crippen molar-refractivity contribution >= 4 is 11.9 Å². The van der Waals surface area contributed by atoms with Gasteiger partial charge in [0.1, 0.15) is 0 Å². The molecule has 0 fully saturated rings. The average molecular weight is 307 g/mol. The van der Waals surface area contributed by atoms with E-state index in [2.05, 4.69) is 4.74 Å². The molecule has 0 atom stereocenters. The van der Waals surface area contributed by atoms with Gasteiger partial charge < -0.3 is 14.7 Å². The van der Waals surface area contributed by atoms with Gasteiger partial charge in [0, 0.05) is 13.0 Å². The van der Waals surface area contributed by atoms with Crippen LogP contribution in [0.15, 0.2) is 30.3 Å². The van der Waals surface area contributed by atoms with Crippen molar-refractivity contribution in [2.75, 3.05) is 20.3 Å². The first-order valence-corrected chi connectivity index (χ1v) is 7.43. The lowest BCUT2D eigenvalue weighted by Gasteiger charge is -2.37. The number of carbonyl (C=O) groups excluding carboxylic acids is 2. The molecule has 0 heterocycles. The molecular formula is C17H25NO4. The number of amides is 1. The maximum atomic E-state index is 12.5. The van der Waals surface area contributed by atoms with E-state index in [-0.39, 0.29) is 31.4 Å². The summed E-state index contributed by atoms with van der Waals surface area (Å²) in [6.07, 6.45) is 1.10. The highest BCUT2D eigenvalue weighted by Gasteiger charge is 2.30. The third-order valence-corrected chi connectivity index (χ3v) is 3.66.